The summed E-state index contributed by atoms with van der Waals surface area (Å²) in [6.45, 7) is 0.578. The summed E-state index contributed by atoms with van der Waals surface area (Å²) in [5.74, 6) is 0.403. The maximum Gasteiger partial charge on any atom is 0.230 e. The second-order valence-electron chi connectivity index (χ2n) is 4.67. The molecule has 2 rings (SSSR count). The molecule has 0 radical (unpaired) electrons. The number of carbonyl (C=O) groups excluding carboxylic acids is 1. The summed E-state index contributed by atoms with van der Waals surface area (Å²) >= 11 is 4.90. The van der Waals surface area contributed by atoms with Gasteiger partial charge in [-0.15, -0.1) is 0 Å². The Morgan fingerprint density at radius 3 is 2.50 bits per heavy atom. The van der Waals surface area contributed by atoms with E-state index in [1.807, 2.05) is 35.2 Å². The third-order valence-electron chi connectivity index (χ3n) is 3.37. The van der Waals surface area contributed by atoms with E-state index in [0.717, 1.165) is 24.9 Å². The first-order chi connectivity index (χ1) is 8.68. The largest absolute Gasteiger partial charge is 0.393 e. The van der Waals surface area contributed by atoms with Crippen molar-refractivity contribution in [2.24, 2.45) is 11.7 Å². The minimum Gasteiger partial charge on any atom is -0.393 e. The Balaban J connectivity index is 2.11. The molecule has 0 aliphatic heterocycles. The Kier molecular flexibility index (Phi) is 4.31. The lowest BCUT2D eigenvalue weighted by Gasteiger charge is -2.31. The van der Waals surface area contributed by atoms with Gasteiger partial charge in [0, 0.05) is 24.6 Å². The van der Waals surface area contributed by atoms with Gasteiger partial charge in [0.1, 0.15) is 0 Å². The lowest BCUT2D eigenvalue weighted by molar-refractivity contribution is -0.124. The summed E-state index contributed by atoms with van der Waals surface area (Å²) in [6, 6.07) is 9.74. The zero-order valence-corrected chi connectivity index (χ0v) is 11.2. The van der Waals surface area contributed by atoms with Gasteiger partial charge in [0.25, 0.3) is 0 Å². The Labute approximate surface area is 113 Å². The highest BCUT2D eigenvalue weighted by atomic mass is 32.1. The molecule has 0 unspecified atom stereocenters. The zero-order chi connectivity index (χ0) is 13.0. The van der Waals surface area contributed by atoms with Gasteiger partial charge in [0.05, 0.1) is 4.99 Å². The van der Waals surface area contributed by atoms with Crippen molar-refractivity contribution in [1.82, 2.24) is 0 Å². The Morgan fingerprint density at radius 1 is 1.33 bits per heavy atom. The number of carbonyl (C=O) groups is 1. The van der Waals surface area contributed by atoms with Crippen molar-refractivity contribution in [1.29, 1.82) is 0 Å². The molecule has 0 spiro atoms. The van der Waals surface area contributed by atoms with Crippen LogP contribution >= 0.6 is 12.2 Å². The van der Waals surface area contributed by atoms with E-state index in [9.17, 15) is 4.79 Å². The van der Waals surface area contributed by atoms with Crippen LogP contribution < -0.4 is 10.6 Å². The van der Waals surface area contributed by atoms with E-state index in [1.165, 1.54) is 0 Å². The maximum atomic E-state index is 12.4. The molecular weight excluding hydrogens is 244 g/mol. The van der Waals surface area contributed by atoms with Crippen LogP contribution in [0.4, 0.5) is 5.69 Å². The molecule has 4 heteroatoms. The molecule has 2 N–H and O–H groups in total. The number of amides is 1. The van der Waals surface area contributed by atoms with Crippen LogP contribution in [0.5, 0.6) is 0 Å². The number of thiocarbonyl (C=S) groups is 1. The first-order valence-electron chi connectivity index (χ1n) is 6.33. The zero-order valence-electron chi connectivity index (χ0n) is 10.3. The summed E-state index contributed by atoms with van der Waals surface area (Å²) in [5.41, 5.74) is 6.47. The van der Waals surface area contributed by atoms with Crippen molar-refractivity contribution in [3.63, 3.8) is 0 Å². The molecule has 1 aromatic carbocycles. The van der Waals surface area contributed by atoms with Crippen molar-refractivity contribution in [3.05, 3.63) is 30.3 Å². The van der Waals surface area contributed by atoms with Gasteiger partial charge < -0.3 is 10.6 Å². The molecule has 0 heterocycles. The average molecular weight is 262 g/mol. The highest BCUT2D eigenvalue weighted by molar-refractivity contribution is 7.80. The van der Waals surface area contributed by atoms with Crippen LogP contribution in [0.15, 0.2) is 30.3 Å². The molecule has 0 saturated heterocycles. The summed E-state index contributed by atoms with van der Waals surface area (Å²) in [5, 5.41) is 0. The number of hydrogen-bond acceptors (Lipinski definition) is 2. The maximum absolute atomic E-state index is 12.4. The summed E-state index contributed by atoms with van der Waals surface area (Å²) in [4.78, 5) is 14.7. The molecule has 1 saturated carbocycles. The predicted octanol–water partition coefficient (Wildman–Crippen LogP) is 2.50. The number of anilines is 1. The molecule has 1 amide bonds. The minimum absolute atomic E-state index is 0.191. The number of benzene rings is 1. The van der Waals surface area contributed by atoms with Crippen LogP contribution in [0.2, 0.25) is 0 Å². The molecule has 0 atom stereocenters. The van der Waals surface area contributed by atoms with Crippen LogP contribution in [0.3, 0.4) is 0 Å². The molecule has 1 aliphatic carbocycles. The second kappa shape index (κ2) is 5.96. The molecule has 1 aliphatic rings. The van der Waals surface area contributed by atoms with Gasteiger partial charge in [-0.3, -0.25) is 4.79 Å². The van der Waals surface area contributed by atoms with Gasteiger partial charge in [-0.25, -0.2) is 0 Å². The quantitative estimate of drug-likeness (QED) is 0.829. The van der Waals surface area contributed by atoms with E-state index in [2.05, 4.69) is 0 Å². The number of nitrogens with two attached hydrogens (primary N) is 1. The smallest absolute Gasteiger partial charge is 0.230 e. The van der Waals surface area contributed by atoms with Crippen molar-refractivity contribution >= 4 is 28.8 Å². The highest BCUT2D eigenvalue weighted by Crippen LogP contribution is 2.30. The Bertz CT molecular complexity index is 429. The highest BCUT2D eigenvalue weighted by Gasteiger charge is 2.29. The molecule has 1 aromatic rings. The average Bonchev–Trinajstić information content (AvgIpc) is 2.28. The fourth-order valence-electron chi connectivity index (χ4n) is 2.07. The fraction of sp³-hybridized carbons (Fsp3) is 0.429. The third-order valence-corrected chi connectivity index (χ3v) is 3.57. The lowest BCUT2D eigenvalue weighted by atomic mass is 9.84. The number of nitrogens with zero attached hydrogens (tertiary/aromatic N) is 1. The van der Waals surface area contributed by atoms with Crippen LogP contribution in [-0.2, 0) is 4.79 Å². The fourth-order valence-corrected chi connectivity index (χ4v) is 2.16. The van der Waals surface area contributed by atoms with Crippen molar-refractivity contribution in [2.45, 2.75) is 25.7 Å². The summed E-state index contributed by atoms with van der Waals surface area (Å²) < 4.78 is 0. The van der Waals surface area contributed by atoms with Gasteiger partial charge in [-0.05, 0) is 25.0 Å². The van der Waals surface area contributed by atoms with Crippen LogP contribution in [0, 0.1) is 5.92 Å². The number of para-hydroxylation sites is 1. The lowest BCUT2D eigenvalue weighted by Crippen LogP contribution is -2.40. The van der Waals surface area contributed by atoms with Crippen LogP contribution in [-0.4, -0.2) is 17.4 Å². The van der Waals surface area contributed by atoms with Gasteiger partial charge in [0.2, 0.25) is 5.91 Å². The Hall–Kier alpha value is -1.42. The van der Waals surface area contributed by atoms with Gasteiger partial charge in [0.15, 0.2) is 0 Å². The molecule has 0 aromatic heterocycles. The third kappa shape index (κ3) is 3.07. The molecule has 3 nitrogen and oxygen atoms in total. The Morgan fingerprint density at radius 2 is 2.00 bits per heavy atom. The normalized spacial score (nSPS) is 14.9. The van der Waals surface area contributed by atoms with Gasteiger partial charge in [-0.1, -0.05) is 36.8 Å². The van der Waals surface area contributed by atoms with Crippen molar-refractivity contribution in [3.8, 4) is 0 Å². The summed E-state index contributed by atoms with van der Waals surface area (Å²) in [6.07, 6.45) is 3.75. The van der Waals surface area contributed by atoms with E-state index in [4.69, 9.17) is 18.0 Å². The topological polar surface area (TPSA) is 46.3 Å². The van der Waals surface area contributed by atoms with E-state index < -0.39 is 0 Å². The number of rotatable bonds is 5. The van der Waals surface area contributed by atoms with E-state index in [-0.39, 0.29) is 11.8 Å². The standard InChI is InChI=1S/C14H18N2OS/c15-13(18)9-10-16(12-7-2-1-3-8-12)14(17)11-5-4-6-11/h1-3,7-8,11H,4-6,9-10H2,(H2,15,18). The predicted molar refractivity (Wildman–Crippen MR) is 77.5 cm³/mol. The summed E-state index contributed by atoms with van der Waals surface area (Å²) in [7, 11) is 0. The molecule has 1 fully saturated rings. The van der Waals surface area contributed by atoms with Gasteiger partial charge in [-0.2, -0.15) is 0 Å². The van der Waals surface area contributed by atoms with Gasteiger partial charge >= 0.3 is 0 Å². The first-order valence-corrected chi connectivity index (χ1v) is 6.74. The molecule has 18 heavy (non-hydrogen) atoms. The second-order valence-corrected chi connectivity index (χ2v) is 5.19. The molecule has 96 valence electrons. The number of hydrogen-bond donors (Lipinski definition) is 1. The molecule has 0 bridgehead atoms. The van der Waals surface area contributed by atoms with Crippen molar-refractivity contribution in [2.75, 3.05) is 11.4 Å². The van der Waals surface area contributed by atoms with E-state index in [1.54, 1.807) is 0 Å². The minimum atomic E-state index is 0.191. The monoisotopic (exact) mass is 262 g/mol. The van der Waals surface area contributed by atoms with Crippen LogP contribution in [0.25, 0.3) is 0 Å². The first kappa shape index (κ1) is 13.0. The van der Waals surface area contributed by atoms with Crippen molar-refractivity contribution < 1.29 is 4.79 Å². The van der Waals surface area contributed by atoms with E-state index >= 15 is 0 Å². The van der Waals surface area contributed by atoms with Crippen LogP contribution in [0.1, 0.15) is 25.7 Å². The SMILES string of the molecule is NC(=S)CCN(C(=O)C1CCC1)c1ccccc1. The molecular formula is C14H18N2OS. The van der Waals surface area contributed by atoms with E-state index in [0.29, 0.717) is 18.0 Å².